The molecule has 0 bridgehead atoms. The summed E-state index contributed by atoms with van der Waals surface area (Å²) in [5.41, 5.74) is 0. The number of amides is 2. The molecule has 21 heavy (non-hydrogen) atoms. The van der Waals surface area contributed by atoms with E-state index in [0.717, 1.165) is 38.8 Å². The average molecular weight is 296 g/mol. The van der Waals surface area contributed by atoms with Crippen molar-refractivity contribution in [1.82, 2.24) is 9.80 Å². The Morgan fingerprint density at radius 3 is 2.57 bits per heavy atom. The minimum Gasteiger partial charge on any atom is -0.391 e. The maximum absolute atomic E-state index is 12.6. The summed E-state index contributed by atoms with van der Waals surface area (Å²) in [5.74, 6) is 0.473. The predicted octanol–water partition coefficient (Wildman–Crippen LogP) is 1.25. The molecule has 0 aliphatic carbocycles. The Morgan fingerprint density at radius 2 is 1.90 bits per heavy atom. The zero-order chi connectivity index (χ0) is 15.4. The van der Waals surface area contributed by atoms with Gasteiger partial charge in [0.2, 0.25) is 11.8 Å². The van der Waals surface area contributed by atoms with E-state index in [-0.39, 0.29) is 23.7 Å². The zero-order valence-corrected chi connectivity index (χ0v) is 13.3. The number of rotatable bonds is 3. The van der Waals surface area contributed by atoms with E-state index in [1.165, 1.54) is 0 Å². The number of carbonyl (C=O) groups excluding carboxylic acids is 2. The maximum Gasteiger partial charge on any atom is 0.227 e. The molecule has 2 rings (SSSR count). The number of carbonyl (C=O) groups is 2. The first kappa shape index (κ1) is 16.3. The summed E-state index contributed by atoms with van der Waals surface area (Å²) in [7, 11) is 0. The first-order valence-corrected chi connectivity index (χ1v) is 8.27. The van der Waals surface area contributed by atoms with E-state index in [9.17, 15) is 14.7 Å². The van der Waals surface area contributed by atoms with Crippen molar-refractivity contribution in [1.29, 1.82) is 0 Å². The maximum atomic E-state index is 12.6. The topological polar surface area (TPSA) is 60.9 Å². The van der Waals surface area contributed by atoms with E-state index in [0.29, 0.717) is 19.5 Å². The third-order valence-corrected chi connectivity index (χ3v) is 4.82. The van der Waals surface area contributed by atoms with Crippen LogP contribution in [-0.4, -0.2) is 59.0 Å². The highest BCUT2D eigenvalue weighted by atomic mass is 16.3. The molecule has 0 spiro atoms. The van der Waals surface area contributed by atoms with Crippen LogP contribution < -0.4 is 0 Å². The number of β-amino-alcohol motifs (C(OH)–C–C–N with tert-alkyl or cyclic N) is 1. The smallest absolute Gasteiger partial charge is 0.227 e. The molecule has 0 aromatic rings. The SMILES string of the molecule is CCCC(=O)N1CCCC(C(=O)N2CCC(C)C(O)C2)C1. The van der Waals surface area contributed by atoms with Crippen molar-refractivity contribution < 1.29 is 14.7 Å². The van der Waals surface area contributed by atoms with Gasteiger partial charge in [0.1, 0.15) is 0 Å². The van der Waals surface area contributed by atoms with E-state index in [1.807, 2.05) is 18.7 Å². The molecule has 2 heterocycles. The molecule has 0 aromatic carbocycles. The summed E-state index contributed by atoms with van der Waals surface area (Å²) in [6.07, 6.45) is 3.63. The number of aliphatic hydroxyl groups excluding tert-OH is 1. The highest BCUT2D eigenvalue weighted by Gasteiger charge is 2.34. The van der Waals surface area contributed by atoms with Gasteiger partial charge in [0.15, 0.2) is 0 Å². The van der Waals surface area contributed by atoms with Gasteiger partial charge in [-0.15, -0.1) is 0 Å². The van der Waals surface area contributed by atoms with Gasteiger partial charge in [-0.05, 0) is 31.6 Å². The van der Waals surface area contributed by atoms with E-state index >= 15 is 0 Å². The van der Waals surface area contributed by atoms with E-state index in [2.05, 4.69) is 0 Å². The number of aliphatic hydroxyl groups is 1. The fraction of sp³-hybridized carbons (Fsp3) is 0.875. The molecule has 120 valence electrons. The quantitative estimate of drug-likeness (QED) is 0.853. The summed E-state index contributed by atoms with van der Waals surface area (Å²) in [4.78, 5) is 28.2. The van der Waals surface area contributed by atoms with Gasteiger partial charge in [0.25, 0.3) is 0 Å². The molecule has 2 fully saturated rings. The van der Waals surface area contributed by atoms with Crippen LogP contribution >= 0.6 is 0 Å². The van der Waals surface area contributed by atoms with Crippen LogP contribution in [0.3, 0.4) is 0 Å². The second-order valence-electron chi connectivity index (χ2n) is 6.55. The molecule has 0 aromatic heterocycles. The van der Waals surface area contributed by atoms with Crippen molar-refractivity contribution in [2.75, 3.05) is 26.2 Å². The van der Waals surface area contributed by atoms with Crippen LogP contribution in [0, 0.1) is 11.8 Å². The summed E-state index contributed by atoms with van der Waals surface area (Å²) < 4.78 is 0. The van der Waals surface area contributed by atoms with Crippen LogP contribution in [0.4, 0.5) is 0 Å². The van der Waals surface area contributed by atoms with Gasteiger partial charge in [0, 0.05) is 32.6 Å². The highest BCUT2D eigenvalue weighted by Crippen LogP contribution is 2.23. The number of piperidine rings is 2. The normalized spacial score (nSPS) is 30.3. The molecule has 5 nitrogen and oxygen atoms in total. The molecule has 1 N–H and O–H groups in total. The van der Waals surface area contributed by atoms with Gasteiger partial charge in [-0.25, -0.2) is 0 Å². The highest BCUT2D eigenvalue weighted by molar-refractivity contribution is 5.81. The third kappa shape index (κ3) is 3.96. The summed E-state index contributed by atoms with van der Waals surface area (Å²) in [6, 6.07) is 0. The molecular weight excluding hydrogens is 268 g/mol. The molecular formula is C16H28N2O3. The molecule has 2 saturated heterocycles. The zero-order valence-electron chi connectivity index (χ0n) is 13.3. The van der Waals surface area contributed by atoms with Gasteiger partial charge in [-0.1, -0.05) is 13.8 Å². The lowest BCUT2D eigenvalue weighted by atomic mass is 9.92. The molecule has 3 atom stereocenters. The van der Waals surface area contributed by atoms with E-state index in [4.69, 9.17) is 0 Å². The first-order chi connectivity index (χ1) is 10.0. The van der Waals surface area contributed by atoms with Gasteiger partial charge < -0.3 is 14.9 Å². The molecule has 0 radical (unpaired) electrons. The molecule has 2 aliphatic rings. The Bertz CT molecular complexity index is 386. The second-order valence-corrected chi connectivity index (χ2v) is 6.55. The largest absolute Gasteiger partial charge is 0.391 e. The lowest BCUT2D eigenvalue weighted by Gasteiger charge is -2.39. The Balaban J connectivity index is 1.91. The Morgan fingerprint density at radius 1 is 1.14 bits per heavy atom. The van der Waals surface area contributed by atoms with Gasteiger partial charge in [-0.3, -0.25) is 9.59 Å². The van der Waals surface area contributed by atoms with Gasteiger partial charge >= 0.3 is 0 Å². The summed E-state index contributed by atoms with van der Waals surface area (Å²) in [6.45, 7) is 6.54. The van der Waals surface area contributed by atoms with Crippen LogP contribution in [0.25, 0.3) is 0 Å². The van der Waals surface area contributed by atoms with Crippen LogP contribution in [0.2, 0.25) is 0 Å². The lowest BCUT2D eigenvalue weighted by Crippen LogP contribution is -2.51. The van der Waals surface area contributed by atoms with Crippen LogP contribution in [0.5, 0.6) is 0 Å². The van der Waals surface area contributed by atoms with E-state index in [1.54, 1.807) is 4.90 Å². The number of nitrogens with zero attached hydrogens (tertiary/aromatic N) is 2. The Labute approximate surface area is 127 Å². The van der Waals surface area contributed by atoms with Crippen LogP contribution in [-0.2, 0) is 9.59 Å². The fourth-order valence-corrected chi connectivity index (χ4v) is 3.28. The Hall–Kier alpha value is -1.10. The summed E-state index contributed by atoms with van der Waals surface area (Å²) in [5, 5.41) is 9.95. The third-order valence-electron chi connectivity index (χ3n) is 4.82. The van der Waals surface area contributed by atoms with Gasteiger partial charge in [0.05, 0.1) is 12.0 Å². The monoisotopic (exact) mass is 296 g/mol. The second kappa shape index (κ2) is 7.25. The first-order valence-electron chi connectivity index (χ1n) is 8.27. The lowest BCUT2D eigenvalue weighted by molar-refractivity contribution is -0.144. The average Bonchev–Trinajstić information content (AvgIpc) is 2.49. The molecule has 0 saturated carbocycles. The molecule has 2 amide bonds. The van der Waals surface area contributed by atoms with E-state index < -0.39 is 6.10 Å². The van der Waals surface area contributed by atoms with Crippen molar-refractivity contribution in [3.8, 4) is 0 Å². The number of hydrogen-bond donors (Lipinski definition) is 1. The minimum absolute atomic E-state index is 0.0832. The van der Waals surface area contributed by atoms with Crippen molar-refractivity contribution >= 4 is 11.8 Å². The summed E-state index contributed by atoms with van der Waals surface area (Å²) >= 11 is 0. The number of likely N-dealkylation sites (tertiary alicyclic amines) is 2. The Kier molecular flexibility index (Phi) is 5.62. The molecule has 5 heteroatoms. The molecule has 2 aliphatic heterocycles. The fourth-order valence-electron chi connectivity index (χ4n) is 3.28. The number of hydrogen-bond acceptors (Lipinski definition) is 3. The van der Waals surface area contributed by atoms with Crippen LogP contribution in [0.1, 0.15) is 46.0 Å². The molecule has 3 unspecified atom stereocenters. The standard InChI is InChI=1S/C16H28N2O3/c1-3-5-15(20)17-8-4-6-13(10-17)16(21)18-9-7-12(2)14(19)11-18/h12-14,19H,3-11H2,1-2H3. The van der Waals surface area contributed by atoms with Gasteiger partial charge in [-0.2, -0.15) is 0 Å². The van der Waals surface area contributed by atoms with Crippen molar-refractivity contribution in [2.45, 2.75) is 52.1 Å². The predicted molar refractivity (Wildman–Crippen MR) is 80.6 cm³/mol. The van der Waals surface area contributed by atoms with Crippen LogP contribution in [0.15, 0.2) is 0 Å². The minimum atomic E-state index is -0.413. The van der Waals surface area contributed by atoms with Crippen molar-refractivity contribution in [2.24, 2.45) is 11.8 Å². The van der Waals surface area contributed by atoms with Crippen molar-refractivity contribution in [3.63, 3.8) is 0 Å². The van der Waals surface area contributed by atoms with Crippen molar-refractivity contribution in [3.05, 3.63) is 0 Å².